The third-order valence-electron chi connectivity index (χ3n) is 11.4. The summed E-state index contributed by atoms with van der Waals surface area (Å²) in [6, 6.07) is 38.2. The van der Waals surface area contributed by atoms with Gasteiger partial charge >= 0.3 is 0 Å². The number of rotatable bonds is 18. The van der Waals surface area contributed by atoms with Gasteiger partial charge in [-0.05, 0) is 66.8 Å². The Morgan fingerprint density at radius 2 is 0.364 bits per heavy atom. The Labute approximate surface area is 391 Å². The molecule has 6 heteroatoms. The molecule has 0 fully saturated rings. The molecule has 0 aliphatic heterocycles. The highest BCUT2D eigenvalue weighted by molar-refractivity contribution is 5.57. The minimum Gasteiger partial charge on any atom is -0.489 e. The molecule has 6 aromatic carbocycles. The SMILES string of the molecule is C=CCOc1c2cccc1Cc1cccc(c1OCC=C)Cc1cccc(c1OCC=C)Cc1cccc(c1OCC=C)Cc1cccc(c1OCC=C)Cc1cccc(c1OCC=C)C2. The van der Waals surface area contributed by atoms with Crippen LogP contribution in [0, 0.1) is 0 Å². The van der Waals surface area contributed by atoms with Crippen molar-refractivity contribution in [2.75, 3.05) is 39.6 Å². The summed E-state index contributed by atoms with van der Waals surface area (Å²) in [6.07, 6.45) is 14.1. The van der Waals surface area contributed by atoms with E-state index in [2.05, 4.69) is 149 Å². The van der Waals surface area contributed by atoms with Crippen LogP contribution in [-0.4, -0.2) is 39.6 Å². The summed E-state index contributed by atoms with van der Waals surface area (Å²) in [5.74, 6) is 4.87. The van der Waals surface area contributed by atoms with Crippen LogP contribution in [0.3, 0.4) is 0 Å². The molecule has 6 aromatic rings. The summed E-state index contributed by atoms with van der Waals surface area (Å²) in [4.78, 5) is 0. The van der Waals surface area contributed by atoms with Crippen LogP contribution in [0.2, 0.25) is 0 Å². The second-order valence-corrected chi connectivity index (χ2v) is 16.1. The third-order valence-corrected chi connectivity index (χ3v) is 11.4. The predicted molar refractivity (Wildman–Crippen MR) is 270 cm³/mol. The zero-order valence-corrected chi connectivity index (χ0v) is 38.0. The van der Waals surface area contributed by atoms with Crippen LogP contribution >= 0.6 is 0 Å². The summed E-state index contributed by atoms with van der Waals surface area (Å²) in [6.45, 7) is 26.0. The molecule has 6 nitrogen and oxygen atoms in total. The molecule has 0 unspecified atom stereocenters. The molecule has 336 valence electrons. The van der Waals surface area contributed by atoms with E-state index < -0.39 is 0 Å². The van der Waals surface area contributed by atoms with Crippen molar-refractivity contribution in [3.8, 4) is 34.5 Å². The monoisotopic (exact) mass is 876 g/mol. The minimum atomic E-state index is 0.350. The topological polar surface area (TPSA) is 55.4 Å². The zero-order chi connectivity index (χ0) is 46.1. The summed E-state index contributed by atoms with van der Waals surface area (Å²) in [5.41, 5.74) is 12.4. The Bertz CT molecular complexity index is 2090. The average molecular weight is 877 g/mol. The normalized spacial score (nSPS) is 12.0. The van der Waals surface area contributed by atoms with Crippen LogP contribution < -0.4 is 28.4 Å². The van der Waals surface area contributed by atoms with Gasteiger partial charge in [0.15, 0.2) is 0 Å². The van der Waals surface area contributed by atoms with E-state index in [1.54, 1.807) is 36.5 Å². The first kappa shape index (κ1) is 46.5. The van der Waals surface area contributed by atoms with Gasteiger partial charge < -0.3 is 28.4 Å². The minimum absolute atomic E-state index is 0.350. The maximum Gasteiger partial charge on any atom is 0.126 e. The van der Waals surface area contributed by atoms with Crippen LogP contribution in [0.15, 0.2) is 185 Å². The first-order valence-corrected chi connectivity index (χ1v) is 22.6. The molecule has 66 heavy (non-hydrogen) atoms. The van der Waals surface area contributed by atoms with Gasteiger partial charge in [-0.1, -0.05) is 185 Å². The van der Waals surface area contributed by atoms with Gasteiger partial charge in [0.05, 0.1) is 0 Å². The molecule has 12 bridgehead atoms. The van der Waals surface area contributed by atoms with Gasteiger partial charge in [0.25, 0.3) is 0 Å². The first-order chi connectivity index (χ1) is 32.5. The quantitative estimate of drug-likeness (QED) is 0.0801. The summed E-state index contributed by atoms with van der Waals surface area (Å²) >= 11 is 0. The van der Waals surface area contributed by atoms with Crippen molar-refractivity contribution in [1.82, 2.24) is 0 Å². The average Bonchev–Trinajstić information content (AvgIpc) is 3.32. The molecule has 0 spiro atoms. The first-order valence-electron chi connectivity index (χ1n) is 22.6. The van der Waals surface area contributed by atoms with Gasteiger partial charge in [0.1, 0.15) is 74.1 Å². The maximum atomic E-state index is 6.58. The van der Waals surface area contributed by atoms with Gasteiger partial charge in [-0.2, -0.15) is 0 Å². The molecule has 7 rings (SSSR count). The second-order valence-electron chi connectivity index (χ2n) is 16.1. The molecule has 1 aliphatic carbocycles. The number of ether oxygens (including phenoxy) is 6. The number of benzene rings is 6. The largest absolute Gasteiger partial charge is 0.489 e. The molecule has 0 saturated heterocycles. The maximum absolute atomic E-state index is 6.58. The molecule has 0 aromatic heterocycles. The number of para-hydroxylation sites is 6. The van der Waals surface area contributed by atoms with Gasteiger partial charge in [0, 0.05) is 38.5 Å². The fourth-order valence-corrected chi connectivity index (χ4v) is 8.70. The Balaban J connectivity index is 1.47. The van der Waals surface area contributed by atoms with E-state index in [1.165, 1.54) is 0 Å². The smallest absolute Gasteiger partial charge is 0.126 e. The lowest BCUT2D eigenvalue weighted by molar-refractivity contribution is 0.347. The van der Waals surface area contributed by atoms with Crippen molar-refractivity contribution in [3.63, 3.8) is 0 Å². The summed E-state index contributed by atoms with van der Waals surface area (Å²) in [7, 11) is 0. The van der Waals surface area contributed by atoms with Crippen LogP contribution in [0.4, 0.5) is 0 Å². The Hall–Kier alpha value is -7.44. The fraction of sp³-hybridized carbons (Fsp3) is 0.200. The molecule has 1 aliphatic rings. The van der Waals surface area contributed by atoms with E-state index in [-0.39, 0.29) is 0 Å². The van der Waals surface area contributed by atoms with Crippen LogP contribution in [0.25, 0.3) is 0 Å². The van der Waals surface area contributed by atoms with Gasteiger partial charge in [-0.15, -0.1) is 0 Å². The second kappa shape index (κ2) is 23.5. The lowest BCUT2D eigenvalue weighted by Gasteiger charge is -2.22. The van der Waals surface area contributed by atoms with Crippen molar-refractivity contribution >= 4 is 0 Å². The number of hydrogen-bond donors (Lipinski definition) is 0. The molecule has 0 amide bonds. The Kier molecular flexibility index (Phi) is 16.6. The third kappa shape index (κ3) is 11.3. The lowest BCUT2D eigenvalue weighted by atomic mass is 9.91. The van der Waals surface area contributed by atoms with Gasteiger partial charge in [0.2, 0.25) is 0 Å². The van der Waals surface area contributed by atoms with Crippen molar-refractivity contribution in [2.24, 2.45) is 0 Å². The predicted octanol–water partition coefficient (Wildman–Crippen LogP) is 12.9. The highest BCUT2D eigenvalue weighted by Gasteiger charge is 2.23. The highest BCUT2D eigenvalue weighted by atomic mass is 16.5. The van der Waals surface area contributed by atoms with E-state index in [0.717, 1.165) is 101 Å². The van der Waals surface area contributed by atoms with Crippen LogP contribution in [0.5, 0.6) is 34.5 Å². The van der Waals surface area contributed by atoms with Crippen LogP contribution in [0.1, 0.15) is 66.8 Å². The fourth-order valence-electron chi connectivity index (χ4n) is 8.70. The van der Waals surface area contributed by atoms with Crippen molar-refractivity contribution in [3.05, 3.63) is 252 Å². The zero-order valence-electron chi connectivity index (χ0n) is 38.0. The van der Waals surface area contributed by atoms with Crippen LogP contribution in [-0.2, 0) is 38.5 Å². The molecule has 0 atom stereocenters. The van der Waals surface area contributed by atoms with E-state index in [4.69, 9.17) is 28.4 Å². The molecule has 0 saturated carbocycles. The Morgan fingerprint density at radius 1 is 0.242 bits per heavy atom. The number of hydrogen-bond acceptors (Lipinski definition) is 6. The van der Waals surface area contributed by atoms with E-state index >= 15 is 0 Å². The molecule has 0 N–H and O–H groups in total. The highest BCUT2D eigenvalue weighted by Crippen LogP contribution is 2.40. The molecular weight excluding hydrogens is 817 g/mol. The summed E-state index contributed by atoms with van der Waals surface area (Å²) in [5, 5.41) is 0. The van der Waals surface area contributed by atoms with Crippen molar-refractivity contribution in [1.29, 1.82) is 0 Å². The van der Waals surface area contributed by atoms with Gasteiger partial charge in [-0.3, -0.25) is 0 Å². The van der Waals surface area contributed by atoms with Gasteiger partial charge in [-0.25, -0.2) is 0 Å². The molecular formula is C60H60O6. The van der Waals surface area contributed by atoms with E-state index in [0.29, 0.717) is 78.2 Å². The van der Waals surface area contributed by atoms with E-state index in [1.807, 2.05) is 0 Å². The molecule has 0 radical (unpaired) electrons. The number of fused-ring (bicyclic) bond motifs is 12. The molecule has 0 heterocycles. The van der Waals surface area contributed by atoms with E-state index in [9.17, 15) is 0 Å². The van der Waals surface area contributed by atoms with Crippen molar-refractivity contribution < 1.29 is 28.4 Å². The Morgan fingerprint density at radius 3 is 0.470 bits per heavy atom. The van der Waals surface area contributed by atoms with Crippen molar-refractivity contribution in [2.45, 2.75) is 38.5 Å². The lowest BCUT2D eigenvalue weighted by Crippen LogP contribution is -2.09. The standard InChI is InChI=1S/C60H60O6/c1-7-31-61-55-43-19-13-20-44(55)38-46-22-15-24-48(57(46)63-33-9-3)40-50-26-17-28-52(59(50)65-35-11-5)42-54-30-18-29-53(60(54)66-36-12-6)41-51-27-16-25-49(58(51)64-34-10-4)39-47-23-14-21-45(37-43)56(47)62-32-8-2/h7-30H,1-6,31-42H2. The summed E-state index contributed by atoms with van der Waals surface area (Å²) < 4.78 is 39.5.